The van der Waals surface area contributed by atoms with Crippen LogP contribution in [0, 0.1) is 11.8 Å². The third-order valence-corrected chi connectivity index (χ3v) is 2.81. The van der Waals surface area contributed by atoms with Gasteiger partial charge in [0.25, 0.3) is 0 Å². The Kier molecular flexibility index (Phi) is 8.34. The summed E-state index contributed by atoms with van der Waals surface area (Å²) in [6.07, 6.45) is 0. The molecule has 0 fully saturated rings. The molecule has 0 aliphatic carbocycles. The molecule has 0 bridgehead atoms. The molecule has 108 valence electrons. The van der Waals surface area contributed by atoms with Gasteiger partial charge in [0.05, 0.1) is 25.5 Å². The molecule has 0 aromatic carbocycles. The molecule has 0 saturated heterocycles. The Bertz CT molecular complexity index is 352. The summed E-state index contributed by atoms with van der Waals surface area (Å²) in [5.41, 5.74) is 0. The summed E-state index contributed by atoms with van der Waals surface area (Å²) in [5, 5.41) is 0. The summed E-state index contributed by atoms with van der Waals surface area (Å²) in [4.78, 5) is 46.6. The maximum absolute atomic E-state index is 11.7. The van der Waals surface area contributed by atoms with Crippen molar-refractivity contribution in [2.24, 2.45) is 11.8 Å². The number of methoxy groups -OCH3 is 1. The minimum absolute atomic E-state index is 0.00609. The number of carbonyl (C=O) groups is 4. The number of halogens is 2. The molecular weight excluding hydrogens is 299 g/mol. The van der Waals surface area contributed by atoms with Gasteiger partial charge in [0, 0.05) is 0 Å². The number of ether oxygens (including phenoxy) is 2. The molecule has 19 heavy (non-hydrogen) atoms. The van der Waals surface area contributed by atoms with Crippen LogP contribution in [0.1, 0.15) is 6.92 Å². The Morgan fingerprint density at radius 2 is 1.37 bits per heavy atom. The van der Waals surface area contributed by atoms with Crippen molar-refractivity contribution in [2.45, 2.75) is 6.92 Å². The highest BCUT2D eigenvalue weighted by Crippen LogP contribution is 2.20. The van der Waals surface area contributed by atoms with Crippen molar-refractivity contribution < 1.29 is 28.7 Å². The van der Waals surface area contributed by atoms with Gasteiger partial charge in [-0.05, 0) is 6.92 Å². The molecule has 0 radical (unpaired) electrons. The standard InChI is InChI=1S/C11H14Cl2O6/c1-3-19-11(17)9(7(15)5-13)8(6(14)4-12)10(16)18-2/h8-9H,3-5H2,1-2H3. The molecule has 0 aliphatic heterocycles. The molecule has 0 N–H and O–H groups in total. The van der Waals surface area contributed by atoms with Gasteiger partial charge < -0.3 is 9.47 Å². The lowest BCUT2D eigenvalue weighted by Gasteiger charge is -2.20. The lowest BCUT2D eigenvalue weighted by atomic mass is 9.86. The number of hydrogen-bond donors (Lipinski definition) is 0. The van der Waals surface area contributed by atoms with Gasteiger partial charge in [-0.3, -0.25) is 19.2 Å². The monoisotopic (exact) mass is 312 g/mol. The number of esters is 2. The van der Waals surface area contributed by atoms with Crippen molar-refractivity contribution in [1.29, 1.82) is 0 Å². The highest BCUT2D eigenvalue weighted by atomic mass is 35.5. The zero-order chi connectivity index (χ0) is 15.0. The quantitative estimate of drug-likeness (QED) is 0.370. The van der Waals surface area contributed by atoms with Crippen LogP contribution in [0.4, 0.5) is 0 Å². The van der Waals surface area contributed by atoms with Crippen molar-refractivity contribution >= 4 is 46.7 Å². The fraction of sp³-hybridized carbons (Fsp3) is 0.636. The number of carbonyl (C=O) groups excluding carboxylic acids is 4. The van der Waals surface area contributed by atoms with Crippen LogP contribution in [0.3, 0.4) is 0 Å². The molecule has 0 amide bonds. The van der Waals surface area contributed by atoms with Gasteiger partial charge in [-0.15, -0.1) is 23.2 Å². The van der Waals surface area contributed by atoms with E-state index in [0.717, 1.165) is 7.11 Å². The molecule has 2 unspecified atom stereocenters. The normalized spacial score (nSPS) is 13.3. The number of hydrogen-bond acceptors (Lipinski definition) is 6. The summed E-state index contributed by atoms with van der Waals surface area (Å²) in [7, 11) is 1.03. The lowest BCUT2D eigenvalue weighted by Crippen LogP contribution is -2.43. The Balaban J connectivity index is 5.47. The van der Waals surface area contributed by atoms with Crippen LogP contribution < -0.4 is 0 Å². The summed E-state index contributed by atoms with van der Waals surface area (Å²) in [6, 6.07) is 0. The van der Waals surface area contributed by atoms with Gasteiger partial charge in [-0.1, -0.05) is 0 Å². The predicted molar refractivity (Wildman–Crippen MR) is 67.1 cm³/mol. The van der Waals surface area contributed by atoms with Crippen molar-refractivity contribution in [3.8, 4) is 0 Å². The van der Waals surface area contributed by atoms with E-state index in [1.54, 1.807) is 0 Å². The van der Waals surface area contributed by atoms with E-state index in [2.05, 4.69) is 9.47 Å². The van der Waals surface area contributed by atoms with Gasteiger partial charge in [-0.25, -0.2) is 0 Å². The van der Waals surface area contributed by atoms with Crippen LogP contribution in [0.5, 0.6) is 0 Å². The third-order valence-electron chi connectivity index (χ3n) is 2.29. The van der Waals surface area contributed by atoms with E-state index in [4.69, 9.17) is 23.2 Å². The highest BCUT2D eigenvalue weighted by Gasteiger charge is 2.44. The zero-order valence-electron chi connectivity index (χ0n) is 10.5. The first kappa shape index (κ1) is 17.9. The maximum Gasteiger partial charge on any atom is 0.317 e. The van der Waals surface area contributed by atoms with Crippen LogP contribution in [-0.4, -0.2) is 49.0 Å². The van der Waals surface area contributed by atoms with Gasteiger partial charge in [-0.2, -0.15) is 0 Å². The van der Waals surface area contributed by atoms with Crippen LogP contribution in [0.15, 0.2) is 0 Å². The Morgan fingerprint density at radius 1 is 0.947 bits per heavy atom. The molecule has 0 aliphatic rings. The van der Waals surface area contributed by atoms with E-state index in [-0.39, 0.29) is 6.61 Å². The van der Waals surface area contributed by atoms with E-state index >= 15 is 0 Å². The molecule has 0 rings (SSSR count). The third kappa shape index (κ3) is 4.80. The molecule has 8 heteroatoms. The number of Topliss-reactive ketones (excluding diaryl/α,β-unsaturated/α-hetero) is 2. The molecule has 2 atom stereocenters. The van der Waals surface area contributed by atoms with Gasteiger partial charge in [0.15, 0.2) is 11.6 Å². The first-order valence-corrected chi connectivity index (χ1v) is 6.43. The van der Waals surface area contributed by atoms with Crippen molar-refractivity contribution in [3.05, 3.63) is 0 Å². The second kappa shape index (κ2) is 8.87. The topological polar surface area (TPSA) is 86.7 Å². The second-order valence-electron chi connectivity index (χ2n) is 3.43. The van der Waals surface area contributed by atoms with E-state index in [1.165, 1.54) is 6.92 Å². The summed E-state index contributed by atoms with van der Waals surface area (Å²) >= 11 is 10.7. The molecule has 0 aromatic rings. The molecule has 0 saturated carbocycles. The van der Waals surface area contributed by atoms with Crippen LogP contribution >= 0.6 is 23.2 Å². The Labute approximate surface area is 120 Å². The van der Waals surface area contributed by atoms with Crippen molar-refractivity contribution in [2.75, 3.05) is 25.5 Å². The van der Waals surface area contributed by atoms with Crippen molar-refractivity contribution in [1.82, 2.24) is 0 Å². The minimum Gasteiger partial charge on any atom is -0.468 e. The smallest absolute Gasteiger partial charge is 0.317 e. The molecule has 6 nitrogen and oxygen atoms in total. The first-order chi connectivity index (χ1) is 8.94. The number of ketones is 2. The van der Waals surface area contributed by atoms with Gasteiger partial charge >= 0.3 is 11.9 Å². The van der Waals surface area contributed by atoms with E-state index in [1.807, 2.05) is 0 Å². The summed E-state index contributed by atoms with van der Waals surface area (Å²) < 4.78 is 9.09. The average molecular weight is 313 g/mol. The average Bonchev–Trinajstić information content (AvgIpc) is 2.42. The van der Waals surface area contributed by atoms with Crippen LogP contribution in [-0.2, 0) is 28.7 Å². The van der Waals surface area contributed by atoms with Crippen molar-refractivity contribution in [3.63, 3.8) is 0 Å². The van der Waals surface area contributed by atoms with E-state index < -0.39 is 47.1 Å². The SMILES string of the molecule is CCOC(=O)C(C(=O)CCl)C(C(=O)CCl)C(=O)OC. The maximum atomic E-state index is 11.7. The minimum atomic E-state index is -1.63. The summed E-state index contributed by atoms with van der Waals surface area (Å²) in [5.74, 6) is -7.95. The molecular formula is C11H14Cl2O6. The summed E-state index contributed by atoms with van der Waals surface area (Å²) in [6.45, 7) is 1.52. The molecule has 0 aromatic heterocycles. The molecule has 0 spiro atoms. The fourth-order valence-corrected chi connectivity index (χ4v) is 1.76. The van der Waals surface area contributed by atoms with Gasteiger partial charge in [0.1, 0.15) is 11.8 Å². The largest absolute Gasteiger partial charge is 0.468 e. The van der Waals surface area contributed by atoms with Gasteiger partial charge in [0.2, 0.25) is 0 Å². The number of alkyl halides is 2. The lowest BCUT2D eigenvalue weighted by molar-refractivity contribution is -0.164. The predicted octanol–water partition coefficient (Wildman–Crippen LogP) is 0.571. The second-order valence-corrected chi connectivity index (χ2v) is 3.96. The number of rotatable bonds is 8. The Hall–Kier alpha value is -1.14. The first-order valence-electron chi connectivity index (χ1n) is 5.36. The van der Waals surface area contributed by atoms with Crippen LogP contribution in [0.25, 0.3) is 0 Å². The van der Waals surface area contributed by atoms with E-state index in [9.17, 15) is 19.2 Å². The zero-order valence-corrected chi connectivity index (χ0v) is 12.0. The molecule has 0 heterocycles. The highest BCUT2D eigenvalue weighted by molar-refractivity contribution is 6.32. The Morgan fingerprint density at radius 3 is 1.68 bits per heavy atom. The van der Waals surface area contributed by atoms with Crippen LogP contribution in [0.2, 0.25) is 0 Å². The van der Waals surface area contributed by atoms with E-state index in [0.29, 0.717) is 0 Å². The fourth-order valence-electron chi connectivity index (χ4n) is 1.43.